The molecule has 0 aliphatic carbocycles. The van der Waals surface area contributed by atoms with Gasteiger partial charge in [-0.05, 0) is 30.7 Å². The van der Waals surface area contributed by atoms with Crippen LogP contribution in [0.1, 0.15) is 29.1 Å². The van der Waals surface area contributed by atoms with Crippen LogP contribution in [0.25, 0.3) is 11.0 Å². The van der Waals surface area contributed by atoms with Gasteiger partial charge in [-0.15, -0.1) is 0 Å². The minimum atomic E-state index is -0.224. The molecule has 1 aromatic carbocycles. The van der Waals surface area contributed by atoms with Crippen LogP contribution in [-0.2, 0) is 0 Å². The van der Waals surface area contributed by atoms with Crippen LogP contribution in [0.5, 0.6) is 0 Å². The van der Waals surface area contributed by atoms with Crippen LogP contribution in [0.2, 0.25) is 0 Å². The summed E-state index contributed by atoms with van der Waals surface area (Å²) in [5.41, 5.74) is 1.67. The van der Waals surface area contributed by atoms with Crippen molar-refractivity contribution in [3.63, 3.8) is 0 Å². The fraction of sp³-hybridized carbons (Fsp3) is 0.125. The van der Waals surface area contributed by atoms with Gasteiger partial charge in [-0.3, -0.25) is 9.78 Å². The lowest BCUT2D eigenvalue weighted by molar-refractivity contribution is 0.0914. The van der Waals surface area contributed by atoms with Gasteiger partial charge in [0, 0.05) is 17.8 Å². The number of amides is 1. The minimum absolute atomic E-state index is 0.121. The minimum Gasteiger partial charge on any atom is -0.451 e. The van der Waals surface area contributed by atoms with Crippen molar-refractivity contribution in [2.45, 2.75) is 13.0 Å². The summed E-state index contributed by atoms with van der Waals surface area (Å²) in [4.78, 5) is 16.2. The van der Waals surface area contributed by atoms with Gasteiger partial charge < -0.3 is 9.73 Å². The average Bonchev–Trinajstić information content (AvgIpc) is 2.92. The Hall–Kier alpha value is -2.62. The molecule has 4 heteroatoms. The van der Waals surface area contributed by atoms with E-state index in [1.54, 1.807) is 18.5 Å². The number of nitrogens with zero attached hydrogens (tertiary/aromatic N) is 1. The van der Waals surface area contributed by atoms with Crippen molar-refractivity contribution in [1.29, 1.82) is 0 Å². The molecule has 1 amide bonds. The summed E-state index contributed by atoms with van der Waals surface area (Å²) >= 11 is 0. The molecule has 4 nitrogen and oxygen atoms in total. The normalized spacial score (nSPS) is 12.2. The number of rotatable bonds is 3. The molecule has 0 radical (unpaired) electrons. The number of pyridine rings is 1. The van der Waals surface area contributed by atoms with Crippen molar-refractivity contribution >= 4 is 16.9 Å². The van der Waals surface area contributed by atoms with Gasteiger partial charge in [0.05, 0.1) is 6.04 Å². The van der Waals surface area contributed by atoms with E-state index in [4.69, 9.17) is 4.42 Å². The maximum Gasteiger partial charge on any atom is 0.287 e. The Balaban J connectivity index is 1.79. The largest absolute Gasteiger partial charge is 0.451 e. The van der Waals surface area contributed by atoms with Crippen LogP contribution in [0.3, 0.4) is 0 Å². The summed E-state index contributed by atoms with van der Waals surface area (Å²) in [5.74, 6) is 0.0968. The van der Waals surface area contributed by atoms with E-state index in [2.05, 4.69) is 10.3 Å². The molecule has 20 heavy (non-hydrogen) atoms. The summed E-state index contributed by atoms with van der Waals surface area (Å²) in [6.07, 6.45) is 3.45. The summed E-state index contributed by atoms with van der Waals surface area (Å²) in [6.45, 7) is 1.91. The predicted octanol–water partition coefficient (Wildman–Crippen LogP) is 3.32. The first kappa shape index (κ1) is 12.4. The molecule has 1 atom stereocenters. The van der Waals surface area contributed by atoms with Gasteiger partial charge in [-0.1, -0.05) is 24.3 Å². The number of carbonyl (C=O) groups excluding carboxylic acids is 1. The highest BCUT2D eigenvalue weighted by Crippen LogP contribution is 2.19. The molecule has 0 aliphatic heterocycles. The van der Waals surface area contributed by atoms with Crippen molar-refractivity contribution in [3.8, 4) is 0 Å². The molecule has 0 spiro atoms. The zero-order valence-corrected chi connectivity index (χ0v) is 11.0. The Kier molecular flexibility index (Phi) is 3.21. The lowest BCUT2D eigenvalue weighted by atomic mass is 10.1. The molecule has 0 fully saturated rings. The Labute approximate surface area is 116 Å². The van der Waals surface area contributed by atoms with Gasteiger partial charge in [-0.25, -0.2) is 0 Å². The maximum atomic E-state index is 12.2. The zero-order chi connectivity index (χ0) is 13.9. The van der Waals surface area contributed by atoms with Crippen molar-refractivity contribution in [2.24, 2.45) is 0 Å². The molecule has 0 saturated heterocycles. The second-order valence-corrected chi connectivity index (χ2v) is 4.63. The van der Waals surface area contributed by atoms with Gasteiger partial charge in [0.2, 0.25) is 0 Å². The smallest absolute Gasteiger partial charge is 0.287 e. The third-order valence-electron chi connectivity index (χ3n) is 3.18. The van der Waals surface area contributed by atoms with Crippen LogP contribution < -0.4 is 5.32 Å². The number of nitrogens with one attached hydrogen (secondary N) is 1. The topological polar surface area (TPSA) is 55.1 Å². The summed E-state index contributed by atoms with van der Waals surface area (Å²) in [5, 5.41) is 3.82. The number of benzene rings is 1. The lowest BCUT2D eigenvalue weighted by Crippen LogP contribution is -2.26. The monoisotopic (exact) mass is 266 g/mol. The number of aromatic nitrogens is 1. The fourth-order valence-electron chi connectivity index (χ4n) is 2.08. The standard InChI is InChI=1S/C16H14N2O2/c1-11(13-6-4-8-17-10-13)18-16(19)15-9-12-5-2-3-7-14(12)20-15/h2-11H,1H3,(H,18,19). The van der Waals surface area contributed by atoms with Crippen LogP contribution in [0.4, 0.5) is 0 Å². The number of para-hydroxylation sites is 1. The van der Waals surface area contributed by atoms with E-state index in [0.717, 1.165) is 10.9 Å². The van der Waals surface area contributed by atoms with Crippen molar-refractivity contribution < 1.29 is 9.21 Å². The number of fused-ring (bicyclic) bond motifs is 1. The number of hydrogen-bond donors (Lipinski definition) is 1. The number of carbonyl (C=O) groups is 1. The number of furan rings is 1. The van der Waals surface area contributed by atoms with Gasteiger partial charge in [-0.2, -0.15) is 0 Å². The highest BCUT2D eigenvalue weighted by Gasteiger charge is 2.15. The Morgan fingerprint density at radius 3 is 2.85 bits per heavy atom. The molecule has 0 bridgehead atoms. The number of hydrogen-bond acceptors (Lipinski definition) is 3. The van der Waals surface area contributed by atoms with E-state index in [0.29, 0.717) is 11.3 Å². The third kappa shape index (κ3) is 2.40. The molecular formula is C16H14N2O2. The molecule has 0 aliphatic rings. The Morgan fingerprint density at radius 2 is 2.10 bits per heavy atom. The molecule has 1 unspecified atom stereocenters. The Bertz CT molecular complexity index is 701. The van der Waals surface area contributed by atoms with Gasteiger partial charge in [0.1, 0.15) is 5.58 Å². The maximum absolute atomic E-state index is 12.2. The van der Waals surface area contributed by atoms with Crippen LogP contribution in [0, 0.1) is 0 Å². The van der Waals surface area contributed by atoms with E-state index < -0.39 is 0 Å². The highest BCUT2D eigenvalue weighted by molar-refractivity contribution is 5.96. The summed E-state index contributed by atoms with van der Waals surface area (Å²) in [6, 6.07) is 13.0. The van der Waals surface area contributed by atoms with Crippen molar-refractivity contribution in [1.82, 2.24) is 10.3 Å². The van der Waals surface area contributed by atoms with E-state index in [1.165, 1.54) is 0 Å². The van der Waals surface area contributed by atoms with Crippen LogP contribution >= 0.6 is 0 Å². The van der Waals surface area contributed by atoms with Crippen LogP contribution in [-0.4, -0.2) is 10.9 Å². The summed E-state index contributed by atoms with van der Waals surface area (Å²) in [7, 11) is 0. The first-order valence-electron chi connectivity index (χ1n) is 6.43. The second-order valence-electron chi connectivity index (χ2n) is 4.63. The van der Waals surface area contributed by atoms with E-state index >= 15 is 0 Å². The molecule has 3 rings (SSSR count). The van der Waals surface area contributed by atoms with Gasteiger partial charge in [0.25, 0.3) is 5.91 Å². The zero-order valence-electron chi connectivity index (χ0n) is 11.0. The van der Waals surface area contributed by atoms with Crippen molar-refractivity contribution in [3.05, 3.63) is 66.2 Å². The quantitative estimate of drug-likeness (QED) is 0.791. The molecule has 2 heterocycles. The van der Waals surface area contributed by atoms with E-state index in [1.807, 2.05) is 43.3 Å². The van der Waals surface area contributed by atoms with E-state index in [-0.39, 0.29) is 11.9 Å². The molecular weight excluding hydrogens is 252 g/mol. The molecule has 0 saturated carbocycles. The fourth-order valence-corrected chi connectivity index (χ4v) is 2.08. The Morgan fingerprint density at radius 1 is 1.25 bits per heavy atom. The lowest BCUT2D eigenvalue weighted by Gasteiger charge is -2.12. The highest BCUT2D eigenvalue weighted by atomic mass is 16.3. The first-order chi connectivity index (χ1) is 9.74. The van der Waals surface area contributed by atoms with E-state index in [9.17, 15) is 4.79 Å². The summed E-state index contributed by atoms with van der Waals surface area (Å²) < 4.78 is 5.54. The molecule has 1 N–H and O–H groups in total. The molecule has 3 aromatic rings. The molecule has 2 aromatic heterocycles. The van der Waals surface area contributed by atoms with Crippen molar-refractivity contribution in [2.75, 3.05) is 0 Å². The predicted molar refractivity (Wildman–Crippen MR) is 76.3 cm³/mol. The second kappa shape index (κ2) is 5.17. The van der Waals surface area contributed by atoms with Crippen LogP contribution in [0.15, 0.2) is 59.3 Å². The third-order valence-corrected chi connectivity index (χ3v) is 3.18. The first-order valence-corrected chi connectivity index (χ1v) is 6.43. The average molecular weight is 266 g/mol. The van der Waals surface area contributed by atoms with Gasteiger partial charge in [0.15, 0.2) is 5.76 Å². The van der Waals surface area contributed by atoms with Gasteiger partial charge >= 0.3 is 0 Å². The molecule has 100 valence electrons. The SMILES string of the molecule is CC(NC(=O)c1cc2ccccc2o1)c1cccnc1.